The molecule has 0 unspecified atom stereocenters. The van der Waals surface area contributed by atoms with Crippen molar-refractivity contribution in [2.75, 3.05) is 23.3 Å². The van der Waals surface area contributed by atoms with E-state index in [4.69, 9.17) is 8.85 Å². The number of unbranched alkanes of at least 4 members (excludes halogenated alkanes) is 2. The molecule has 0 amide bonds. The highest BCUT2D eigenvalue weighted by molar-refractivity contribution is 6.81. The van der Waals surface area contributed by atoms with Gasteiger partial charge >= 0.3 is 6.98 Å². The largest absolute Gasteiger partial charge is 0.416 e. The van der Waals surface area contributed by atoms with Gasteiger partial charge in [0.25, 0.3) is 0 Å². The summed E-state index contributed by atoms with van der Waals surface area (Å²) in [6, 6.07) is 24.6. The van der Waals surface area contributed by atoms with E-state index in [1.54, 1.807) is 11.1 Å². The van der Waals surface area contributed by atoms with Crippen molar-refractivity contribution in [2.24, 2.45) is 5.41 Å². The van der Waals surface area contributed by atoms with Crippen LogP contribution in [0.3, 0.4) is 0 Å². The Labute approximate surface area is 331 Å². The maximum absolute atomic E-state index is 7.21. The summed E-state index contributed by atoms with van der Waals surface area (Å²) in [5.41, 5.74) is 12.9. The number of nitrogens with zero attached hydrogens (tertiary/aromatic N) is 1. The van der Waals surface area contributed by atoms with Crippen LogP contribution in [0, 0.1) is 19.3 Å². The zero-order valence-electron chi connectivity index (χ0n) is 36.1. The Kier molecular flexibility index (Phi) is 11.5. The Morgan fingerprint density at radius 1 is 0.741 bits per heavy atom. The van der Waals surface area contributed by atoms with Gasteiger partial charge in [0.1, 0.15) is 0 Å². The predicted octanol–water partition coefficient (Wildman–Crippen LogP) is 12.1. The van der Waals surface area contributed by atoms with E-state index in [1.807, 2.05) is 0 Å². The van der Waals surface area contributed by atoms with Crippen molar-refractivity contribution in [2.45, 2.75) is 144 Å². The number of hydrogen-bond acceptors (Lipinski definition) is 4. The first kappa shape index (κ1) is 40.8. The lowest BCUT2D eigenvalue weighted by Gasteiger charge is -2.43. The average Bonchev–Trinajstić information content (AvgIpc) is 3.51. The molecule has 0 saturated heterocycles. The fourth-order valence-corrected chi connectivity index (χ4v) is 10.5. The summed E-state index contributed by atoms with van der Waals surface area (Å²) in [4.78, 5) is 2.66. The Hall–Kier alpha value is -2.84. The highest BCUT2D eigenvalue weighted by Crippen LogP contribution is 2.47. The monoisotopic (exact) mass is 760 g/mol. The smallest absolute Gasteiger partial charge is 0.409 e. The summed E-state index contributed by atoms with van der Waals surface area (Å²) in [6.45, 7) is 33.4. The minimum Gasteiger partial charge on any atom is -0.416 e. The highest BCUT2D eigenvalue weighted by atomic mass is 28.4. The van der Waals surface area contributed by atoms with Gasteiger partial charge in [-0.1, -0.05) is 116 Å². The van der Waals surface area contributed by atoms with Crippen molar-refractivity contribution in [1.29, 1.82) is 0 Å². The maximum Gasteiger partial charge on any atom is 0.409 e. The minimum atomic E-state index is -2.00. The van der Waals surface area contributed by atoms with E-state index in [1.165, 1.54) is 69.1 Å². The van der Waals surface area contributed by atoms with E-state index >= 15 is 0 Å². The molecule has 290 valence electrons. The van der Waals surface area contributed by atoms with Gasteiger partial charge in [-0.3, -0.25) is 0 Å². The molecule has 0 bridgehead atoms. The molecular formula is C47H69BN2O2Si2. The van der Waals surface area contributed by atoms with Crippen molar-refractivity contribution in [3.8, 4) is 0 Å². The summed E-state index contributed by atoms with van der Waals surface area (Å²) >= 11 is 0. The number of anilines is 2. The van der Waals surface area contributed by atoms with Crippen LogP contribution in [0.25, 0.3) is 10.8 Å². The third-order valence-corrected chi connectivity index (χ3v) is 22.9. The molecule has 1 N–H and O–H groups in total. The van der Waals surface area contributed by atoms with Crippen LogP contribution in [0.4, 0.5) is 11.4 Å². The molecule has 0 fully saturated rings. The summed E-state index contributed by atoms with van der Waals surface area (Å²) in [7, 11) is -3.99. The van der Waals surface area contributed by atoms with Crippen LogP contribution < -0.4 is 15.5 Å². The summed E-state index contributed by atoms with van der Waals surface area (Å²) < 4.78 is 14.4. The van der Waals surface area contributed by atoms with Crippen molar-refractivity contribution in [1.82, 2.24) is 0 Å². The molecule has 0 radical (unpaired) electrons. The predicted molar refractivity (Wildman–Crippen MR) is 241 cm³/mol. The first-order valence-electron chi connectivity index (χ1n) is 20.8. The van der Waals surface area contributed by atoms with Gasteiger partial charge < -0.3 is 18.9 Å². The molecule has 4 aromatic carbocycles. The molecule has 7 heteroatoms. The number of fused-ring (bicyclic) bond motifs is 1. The fourth-order valence-electron chi connectivity index (χ4n) is 8.34. The van der Waals surface area contributed by atoms with E-state index in [9.17, 15) is 0 Å². The van der Waals surface area contributed by atoms with Gasteiger partial charge in [0.05, 0.1) is 0 Å². The Morgan fingerprint density at radius 3 is 1.89 bits per heavy atom. The zero-order valence-corrected chi connectivity index (χ0v) is 38.1. The quantitative estimate of drug-likeness (QED) is 0.109. The number of rotatable bonds is 13. The minimum absolute atomic E-state index is 0.00768. The van der Waals surface area contributed by atoms with Crippen molar-refractivity contribution in [3.05, 3.63) is 100 Å². The van der Waals surface area contributed by atoms with Crippen LogP contribution in [0.2, 0.25) is 36.3 Å². The summed E-state index contributed by atoms with van der Waals surface area (Å²) in [6.07, 6.45) is 6.78. The lowest BCUT2D eigenvalue weighted by molar-refractivity contribution is 0.0730. The van der Waals surface area contributed by atoms with E-state index in [0.717, 1.165) is 39.0 Å². The van der Waals surface area contributed by atoms with E-state index in [2.05, 4.69) is 165 Å². The van der Waals surface area contributed by atoms with Gasteiger partial charge in [0, 0.05) is 41.9 Å². The van der Waals surface area contributed by atoms with Crippen LogP contribution in [0.15, 0.2) is 66.7 Å². The number of benzene rings is 4. The topological polar surface area (TPSA) is 33.7 Å². The van der Waals surface area contributed by atoms with Crippen LogP contribution in [-0.2, 0) is 34.7 Å². The fraction of sp³-hybridized carbons (Fsp3) is 0.532. The van der Waals surface area contributed by atoms with E-state index in [0.29, 0.717) is 0 Å². The van der Waals surface area contributed by atoms with Gasteiger partial charge in [0.2, 0.25) is 0 Å². The van der Waals surface area contributed by atoms with Crippen molar-refractivity contribution >= 4 is 51.2 Å². The molecule has 1 aliphatic heterocycles. The lowest BCUT2D eigenvalue weighted by Crippen LogP contribution is -2.58. The SMILES string of the molecule is CCCCCc1c(C)c2c(c(C)c1B1Nc3cccc4cccc(c34)N1Cc1ccccc1)CC(CO[Si](C)(C)C(C)(C)C)(CO[Si](C)(C)C(C)(C)C)C2. The van der Waals surface area contributed by atoms with Crippen LogP contribution in [0.5, 0.6) is 0 Å². The molecule has 1 aliphatic carbocycles. The molecule has 1 heterocycles. The lowest BCUT2D eigenvalue weighted by atomic mass is 9.58. The Bertz CT molecular complexity index is 1930. The van der Waals surface area contributed by atoms with Crippen LogP contribution in [-0.4, -0.2) is 36.8 Å². The van der Waals surface area contributed by atoms with Gasteiger partial charge in [-0.25, -0.2) is 0 Å². The first-order valence-corrected chi connectivity index (χ1v) is 26.6. The van der Waals surface area contributed by atoms with Crippen molar-refractivity contribution in [3.63, 3.8) is 0 Å². The molecule has 0 aromatic heterocycles. The third-order valence-electron chi connectivity index (χ3n) is 13.9. The van der Waals surface area contributed by atoms with E-state index < -0.39 is 16.6 Å². The Morgan fingerprint density at radius 2 is 1.31 bits per heavy atom. The maximum atomic E-state index is 7.21. The second-order valence-corrected chi connectivity index (χ2v) is 29.5. The van der Waals surface area contributed by atoms with Gasteiger partial charge in [-0.15, -0.1) is 0 Å². The molecule has 0 saturated carbocycles. The van der Waals surface area contributed by atoms with Gasteiger partial charge in [0.15, 0.2) is 16.6 Å². The number of nitrogens with one attached hydrogen (secondary N) is 1. The zero-order chi connectivity index (χ0) is 39.3. The highest BCUT2D eigenvalue weighted by Gasteiger charge is 2.48. The molecule has 2 aliphatic rings. The van der Waals surface area contributed by atoms with E-state index in [-0.39, 0.29) is 22.5 Å². The molecule has 4 aromatic rings. The third kappa shape index (κ3) is 7.90. The van der Waals surface area contributed by atoms with Crippen molar-refractivity contribution < 1.29 is 8.85 Å². The molecule has 54 heavy (non-hydrogen) atoms. The van der Waals surface area contributed by atoms with Crippen LogP contribution in [0.1, 0.15) is 101 Å². The molecular weight excluding hydrogens is 692 g/mol. The molecule has 6 rings (SSSR count). The number of hydrogen-bond donors (Lipinski definition) is 1. The summed E-state index contributed by atoms with van der Waals surface area (Å²) in [5.74, 6) is 0. The first-order chi connectivity index (χ1) is 25.3. The van der Waals surface area contributed by atoms with Gasteiger partial charge in [-0.2, -0.15) is 0 Å². The molecule has 4 nitrogen and oxygen atoms in total. The van der Waals surface area contributed by atoms with Crippen LogP contribution >= 0.6 is 0 Å². The standard InChI is InChI=1S/C47H69BN2O2Si2/c1-14-15-17-26-38-34(2)39-29-47(32-51-53(10,11)45(4,5)6,33-52-54(12,13)46(7,8)9)30-40(39)35(3)44(38)48-49-41-27-20-24-37-25-21-28-42(43(37)41)50(48)31-36-22-18-16-19-23-36/h16,18-25,27-28,49H,14-15,17,26,29-33H2,1-13H3. The molecule has 0 atom stereocenters. The average molecular weight is 761 g/mol. The Balaban J connectivity index is 1.50. The normalized spacial score (nSPS) is 15.9. The van der Waals surface area contributed by atoms with Gasteiger partial charge in [-0.05, 0) is 132 Å². The summed E-state index contributed by atoms with van der Waals surface area (Å²) in [5, 5.41) is 7.08. The molecule has 0 spiro atoms. The second-order valence-electron chi connectivity index (χ2n) is 19.8. The second kappa shape index (κ2) is 15.2.